The summed E-state index contributed by atoms with van der Waals surface area (Å²) < 4.78 is 0. The number of nitrogens with zero attached hydrogens (tertiary/aromatic N) is 1. The molecule has 3 nitrogen and oxygen atoms in total. The van der Waals surface area contributed by atoms with Crippen LogP contribution in [0.3, 0.4) is 0 Å². The third-order valence-electron chi connectivity index (χ3n) is 5.14. The van der Waals surface area contributed by atoms with Gasteiger partial charge in [0.2, 0.25) is 0 Å². The van der Waals surface area contributed by atoms with E-state index in [1.54, 1.807) is 0 Å². The van der Waals surface area contributed by atoms with Gasteiger partial charge in [-0.15, -0.1) is 0 Å². The second kappa shape index (κ2) is 6.61. The molecular formula is C18H26N2O. The lowest BCUT2D eigenvalue weighted by Gasteiger charge is -2.25. The number of rotatable bonds is 3. The molecule has 1 N–H and O–H groups in total. The molecule has 1 saturated heterocycles. The fourth-order valence-electron chi connectivity index (χ4n) is 3.67. The van der Waals surface area contributed by atoms with Gasteiger partial charge in [-0.3, -0.25) is 4.79 Å². The lowest BCUT2D eigenvalue weighted by Crippen LogP contribution is -2.38. The molecule has 1 aliphatic heterocycles. The number of amides is 1. The van der Waals surface area contributed by atoms with Crippen LogP contribution in [-0.4, -0.2) is 37.0 Å². The predicted molar refractivity (Wildman–Crippen MR) is 85.6 cm³/mol. The average molecular weight is 286 g/mol. The van der Waals surface area contributed by atoms with Gasteiger partial charge in [-0.05, 0) is 49.4 Å². The van der Waals surface area contributed by atoms with Crippen LogP contribution >= 0.6 is 0 Å². The molecule has 2 fully saturated rings. The molecule has 3 rings (SSSR count). The second-order valence-corrected chi connectivity index (χ2v) is 6.52. The summed E-state index contributed by atoms with van der Waals surface area (Å²) in [6, 6.07) is 8.72. The Balaban J connectivity index is 1.66. The van der Waals surface area contributed by atoms with Crippen LogP contribution in [0.15, 0.2) is 24.3 Å². The summed E-state index contributed by atoms with van der Waals surface area (Å²) in [4.78, 5) is 14.4. The maximum Gasteiger partial charge on any atom is 0.253 e. The van der Waals surface area contributed by atoms with Crippen molar-refractivity contribution in [2.24, 2.45) is 0 Å². The van der Waals surface area contributed by atoms with Crippen LogP contribution in [0, 0.1) is 0 Å². The number of hydrogen-bond acceptors (Lipinski definition) is 2. The Kier molecular flexibility index (Phi) is 4.59. The summed E-state index contributed by atoms with van der Waals surface area (Å²) in [6.45, 7) is 1.94. The van der Waals surface area contributed by atoms with E-state index in [-0.39, 0.29) is 5.91 Å². The van der Waals surface area contributed by atoms with E-state index in [1.807, 2.05) is 24.1 Å². The van der Waals surface area contributed by atoms with Gasteiger partial charge >= 0.3 is 0 Å². The smallest absolute Gasteiger partial charge is 0.253 e. The van der Waals surface area contributed by atoms with Crippen LogP contribution in [0.5, 0.6) is 0 Å². The van der Waals surface area contributed by atoms with Crippen molar-refractivity contribution in [3.8, 4) is 0 Å². The monoisotopic (exact) mass is 286 g/mol. The first kappa shape index (κ1) is 14.6. The van der Waals surface area contributed by atoms with Gasteiger partial charge in [0.05, 0.1) is 0 Å². The highest BCUT2D eigenvalue weighted by Gasteiger charge is 2.24. The molecule has 1 atom stereocenters. The van der Waals surface area contributed by atoms with E-state index in [0.29, 0.717) is 12.0 Å². The van der Waals surface area contributed by atoms with Crippen molar-refractivity contribution >= 4 is 5.91 Å². The molecule has 21 heavy (non-hydrogen) atoms. The number of nitrogens with one attached hydrogen (secondary N) is 1. The van der Waals surface area contributed by atoms with Gasteiger partial charge in [0.25, 0.3) is 5.91 Å². The van der Waals surface area contributed by atoms with Crippen molar-refractivity contribution in [2.75, 3.05) is 20.1 Å². The SMILES string of the molecule is CN(C(=O)c1ccc(C2CCCCC2)cc1)C1CCNC1. The Morgan fingerprint density at radius 3 is 2.43 bits per heavy atom. The first-order valence-electron chi connectivity index (χ1n) is 8.33. The van der Waals surface area contributed by atoms with Crippen LogP contribution in [-0.2, 0) is 0 Å². The summed E-state index contributed by atoms with van der Waals surface area (Å²) in [7, 11) is 1.93. The molecule has 1 aromatic rings. The highest BCUT2D eigenvalue weighted by molar-refractivity contribution is 5.94. The second-order valence-electron chi connectivity index (χ2n) is 6.52. The molecular weight excluding hydrogens is 260 g/mol. The molecule has 1 aromatic carbocycles. The first-order chi connectivity index (χ1) is 10.3. The maximum absolute atomic E-state index is 12.5. The minimum absolute atomic E-state index is 0.152. The highest BCUT2D eigenvalue weighted by Crippen LogP contribution is 2.32. The van der Waals surface area contributed by atoms with Gasteiger partial charge in [-0.25, -0.2) is 0 Å². The zero-order valence-corrected chi connectivity index (χ0v) is 13.0. The van der Waals surface area contributed by atoms with Crippen LogP contribution in [0.25, 0.3) is 0 Å². The molecule has 0 aromatic heterocycles. The summed E-state index contributed by atoms with van der Waals surface area (Å²) in [5, 5.41) is 3.32. The minimum atomic E-state index is 0.152. The lowest BCUT2D eigenvalue weighted by molar-refractivity contribution is 0.0744. The predicted octanol–water partition coefficient (Wildman–Crippen LogP) is 3.17. The van der Waals surface area contributed by atoms with Crippen molar-refractivity contribution in [1.82, 2.24) is 10.2 Å². The van der Waals surface area contributed by atoms with Crippen LogP contribution in [0.4, 0.5) is 0 Å². The Bertz CT molecular complexity index is 470. The number of benzene rings is 1. The average Bonchev–Trinajstić information content (AvgIpc) is 3.09. The lowest BCUT2D eigenvalue weighted by atomic mass is 9.84. The van der Waals surface area contributed by atoms with Crippen LogP contribution in [0.1, 0.15) is 60.4 Å². The normalized spacial score (nSPS) is 23.2. The summed E-state index contributed by atoms with van der Waals surface area (Å²) in [5.41, 5.74) is 2.24. The zero-order valence-electron chi connectivity index (χ0n) is 13.0. The van der Waals surface area contributed by atoms with Crippen molar-refractivity contribution in [2.45, 2.75) is 50.5 Å². The number of carbonyl (C=O) groups is 1. The topological polar surface area (TPSA) is 32.3 Å². The minimum Gasteiger partial charge on any atom is -0.337 e. The molecule has 1 heterocycles. The van der Waals surface area contributed by atoms with Gasteiger partial charge in [-0.2, -0.15) is 0 Å². The molecule has 0 radical (unpaired) electrons. The molecule has 1 amide bonds. The molecule has 3 heteroatoms. The van der Waals surface area contributed by atoms with Crippen molar-refractivity contribution in [1.29, 1.82) is 0 Å². The Morgan fingerprint density at radius 1 is 1.10 bits per heavy atom. The molecule has 1 unspecified atom stereocenters. The highest BCUT2D eigenvalue weighted by atomic mass is 16.2. The Hall–Kier alpha value is -1.35. The Labute approximate surface area is 127 Å². The number of hydrogen-bond donors (Lipinski definition) is 1. The molecule has 2 aliphatic rings. The van der Waals surface area contributed by atoms with E-state index in [1.165, 1.54) is 37.7 Å². The molecule has 1 saturated carbocycles. The summed E-state index contributed by atoms with van der Waals surface area (Å²) in [5.74, 6) is 0.860. The molecule has 0 bridgehead atoms. The van der Waals surface area contributed by atoms with Crippen molar-refractivity contribution in [3.05, 3.63) is 35.4 Å². The van der Waals surface area contributed by atoms with Gasteiger partial charge in [0.1, 0.15) is 0 Å². The van der Waals surface area contributed by atoms with Crippen LogP contribution in [0.2, 0.25) is 0 Å². The fourth-order valence-corrected chi connectivity index (χ4v) is 3.67. The number of likely N-dealkylation sites (N-methyl/N-ethyl adjacent to an activating group) is 1. The van der Waals surface area contributed by atoms with E-state index in [9.17, 15) is 4.79 Å². The van der Waals surface area contributed by atoms with E-state index in [4.69, 9.17) is 0 Å². The largest absolute Gasteiger partial charge is 0.337 e. The van der Waals surface area contributed by atoms with Crippen LogP contribution < -0.4 is 5.32 Å². The van der Waals surface area contributed by atoms with Gasteiger partial charge in [0, 0.05) is 25.2 Å². The van der Waals surface area contributed by atoms with Gasteiger partial charge in [-0.1, -0.05) is 31.4 Å². The molecule has 0 spiro atoms. The van der Waals surface area contributed by atoms with E-state index < -0.39 is 0 Å². The Morgan fingerprint density at radius 2 is 1.81 bits per heavy atom. The molecule has 114 valence electrons. The van der Waals surface area contributed by atoms with Crippen molar-refractivity contribution in [3.63, 3.8) is 0 Å². The standard InChI is InChI=1S/C18H26N2O/c1-20(17-11-12-19-13-17)18(21)16-9-7-15(8-10-16)14-5-3-2-4-6-14/h7-10,14,17,19H,2-6,11-13H2,1H3. The number of carbonyl (C=O) groups excluding carboxylic acids is 1. The van der Waals surface area contributed by atoms with E-state index >= 15 is 0 Å². The van der Waals surface area contributed by atoms with E-state index in [2.05, 4.69) is 17.4 Å². The third kappa shape index (κ3) is 3.29. The summed E-state index contributed by atoms with van der Waals surface area (Å²) in [6.07, 6.45) is 7.75. The first-order valence-corrected chi connectivity index (χ1v) is 8.33. The van der Waals surface area contributed by atoms with Gasteiger partial charge in [0.15, 0.2) is 0 Å². The molecule has 1 aliphatic carbocycles. The third-order valence-corrected chi connectivity index (χ3v) is 5.14. The quantitative estimate of drug-likeness (QED) is 0.925. The fraction of sp³-hybridized carbons (Fsp3) is 0.611. The van der Waals surface area contributed by atoms with Crippen molar-refractivity contribution < 1.29 is 4.79 Å². The summed E-state index contributed by atoms with van der Waals surface area (Å²) >= 11 is 0. The van der Waals surface area contributed by atoms with E-state index in [0.717, 1.165) is 25.1 Å². The van der Waals surface area contributed by atoms with Gasteiger partial charge < -0.3 is 10.2 Å². The maximum atomic E-state index is 12.5. The zero-order chi connectivity index (χ0) is 14.7.